The third-order valence-corrected chi connectivity index (χ3v) is 4.69. The second-order valence-corrected chi connectivity index (χ2v) is 6.58. The minimum atomic E-state index is -0.864. The number of para-hydroxylation sites is 1. The molecule has 2 atom stereocenters. The van der Waals surface area contributed by atoms with Gasteiger partial charge in [-0.3, -0.25) is 4.79 Å². The largest absolute Gasteiger partial charge is 0.448 e. The number of esters is 1. The van der Waals surface area contributed by atoms with E-state index < -0.39 is 12.1 Å². The molecular weight excluding hydrogens is 340 g/mol. The van der Waals surface area contributed by atoms with Crippen molar-refractivity contribution in [2.24, 2.45) is 0 Å². The number of carbonyl (C=O) groups excluding carboxylic acids is 2. The second kappa shape index (κ2) is 8.54. The van der Waals surface area contributed by atoms with Gasteiger partial charge in [-0.1, -0.05) is 55.5 Å². The molecular formula is C22H24N2O3. The maximum absolute atomic E-state index is 12.3. The molecule has 0 fully saturated rings. The molecule has 1 aromatic heterocycles. The fourth-order valence-electron chi connectivity index (χ4n) is 3.05. The van der Waals surface area contributed by atoms with E-state index >= 15 is 0 Å². The first-order valence-corrected chi connectivity index (χ1v) is 9.20. The summed E-state index contributed by atoms with van der Waals surface area (Å²) in [5, 5.41) is 3.82. The molecule has 0 saturated heterocycles. The summed E-state index contributed by atoms with van der Waals surface area (Å²) >= 11 is 0. The predicted molar refractivity (Wildman–Crippen MR) is 106 cm³/mol. The quantitative estimate of drug-likeness (QED) is 0.622. The first kappa shape index (κ1) is 18.7. The van der Waals surface area contributed by atoms with Gasteiger partial charge in [-0.25, -0.2) is 4.79 Å². The van der Waals surface area contributed by atoms with Gasteiger partial charge in [-0.2, -0.15) is 0 Å². The van der Waals surface area contributed by atoms with Gasteiger partial charge in [0.15, 0.2) is 6.10 Å². The van der Waals surface area contributed by atoms with Gasteiger partial charge >= 0.3 is 5.97 Å². The molecule has 3 rings (SSSR count). The van der Waals surface area contributed by atoms with E-state index in [2.05, 4.69) is 29.4 Å². The van der Waals surface area contributed by atoms with Crippen molar-refractivity contribution in [3.8, 4) is 0 Å². The Hall–Kier alpha value is -3.08. The van der Waals surface area contributed by atoms with E-state index in [-0.39, 0.29) is 11.8 Å². The highest BCUT2D eigenvalue weighted by atomic mass is 16.5. The van der Waals surface area contributed by atoms with Crippen LogP contribution in [0.15, 0.2) is 60.7 Å². The van der Waals surface area contributed by atoms with E-state index in [4.69, 9.17) is 4.74 Å². The lowest BCUT2D eigenvalue weighted by Crippen LogP contribution is -2.38. The molecule has 0 aliphatic rings. The third kappa shape index (κ3) is 4.56. The van der Waals surface area contributed by atoms with Gasteiger partial charge in [0.2, 0.25) is 0 Å². The van der Waals surface area contributed by atoms with Gasteiger partial charge in [-0.05, 0) is 31.0 Å². The van der Waals surface area contributed by atoms with Gasteiger partial charge < -0.3 is 15.0 Å². The Kier molecular flexibility index (Phi) is 5.91. The maximum Gasteiger partial charge on any atom is 0.355 e. The van der Waals surface area contributed by atoms with Crippen LogP contribution in [-0.4, -0.2) is 29.5 Å². The zero-order valence-electron chi connectivity index (χ0n) is 15.6. The molecule has 0 radical (unpaired) electrons. The highest BCUT2D eigenvalue weighted by Gasteiger charge is 2.21. The molecule has 3 aromatic rings. The van der Waals surface area contributed by atoms with Crippen LogP contribution in [0, 0.1) is 0 Å². The van der Waals surface area contributed by atoms with Crippen LogP contribution < -0.4 is 5.32 Å². The van der Waals surface area contributed by atoms with E-state index in [9.17, 15) is 9.59 Å². The summed E-state index contributed by atoms with van der Waals surface area (Å²) in [6.45, 7) is 4.18. The average Bonchev–Trinajstić information content (AvgIpc) is 3.13. The maximum atomic E-state index is 12.3. The SMILES string of the molecule is CC[C@@H](CNC(=O)[C@H](C)OC(=O)c1cc2ccccc2[nH]1)c1ccccc1. The Balaban J connectivity index is 1.56. The first-order valence-electron chi connectivity index (χ1n) is 9.20. The van der Waals surface area contributed by atoms with Crippen LogP contribution in [-0.2, 0) is 9.53 Å². The van der Waals surface area contributed by atoms with E-state index in [1.54, 1.807) is 13.0 Å². The Morgan fingerprint density at radius 1 is 1.07 bits per heavy atom. The number of ether oxygens (including phenoxy) is 1. The number of nitrogens with one attached hydrogen (secondary N) is 2. The summed E-state index contributed by atoms with van der Waals surface area (Å²) in [5.41, 5.74) is 2.38. The second-order valence-electron chi connectivity index (χ2n) is 6.58. The Morgan fingerprint density at radius 3 is 2.48 bits per heavy atom. The minimum absolute atomic E-state index is 0.228. The van der Waals surface area contributed by atoms with Crippen molar-refractivity contribution < 1.29 is 14.3 Å². The third-order valence-electron chi connectivity index (χ3n) is 4.69. The number of rotatable bonds is 7. The van der Waals surface area contributed by atoms with Crippen molar-refractivity contribution in [2.45, 2.75) is 32.3 Å². The lowest BCUT2D eigenvalue weighted by Gasteiger charge is -2.18. The summed E-state index contributed by atoms with van der Waals surface area (Å²) in [4.78, 5) is 27.7. The summed E-state index contributed by atoms with van der Waals surface area (Å²) < 4.78 is 5.32. The van der Waals surface area contributed by atoms with Crippen LogP contribution in [0.25, 0.3) is 10.9 Å². The van der Waals surface area contributed by atoms with Crippen molar-refractivity contribution in [3.63, 3.8) is 0 Å². The zero-order chi connectivity index (χ0) is 19.2. The monoisotopic (exact) mass is 364 g/mol. The van der Waals surface area contributed by atoms with Crippen LogP contribution in [0.2, 0.25) is 0 Å². The zero-order valence-corrected chi connectivity index (χ0v) is 15.6. The molecule has 1 heterocycles. The topological polar surface area (TPSA) is 71.2 Å². The first-order chi connectivity index (χ1) is 13.1. The predicted octanol–water partition coefficient (Wildman–Crippen LogP) is 4.02. The molecule has 0 spiro atoms. The molecule has 0 saturated carbocycles. The summed E-state index contributed by atoms with van der Waals surface area (Å²) in [5.74, 6) is -0.607. The molecule has 140 valence electrons. The number of hydrogen-bond acceptors (Lipinski definition) is 3. The molecule has 2 N–H and O–H groups in total. The number of aromatic nitrogens is 1. The Morgan fingerprint density at radius 2 is 1.78 bits per heavy atom. The molecule has 0 aliphatic carbocycles. The number of carbonyl (C=O) groups is 2. The van der Waals surface area contributed by atoms with Gasteiger partial charge in [0.1, 0.15) is 5.69 Å². The summed E-state index contributed by atoms with van der Waals surface area (Å²) in [7, 11) is 0. The smallest absolute Gasteiger partial charge is 0.355 e. The van der Waals surface area contributed by atoms with Crippen LogP contribution in [0.1, 0.15) is 42.2 Å². The lowest BCUT2D eigenvalue weighted by atomic mass is 9.96. The number of hydrogen-bond donors (Lipinski definition) is 2. The highest BCUT2D eigenvalue weighted by Crippen LogP contribution is 2.18. The van der Waals surface area contributed by atoms with Crippen LogP contribution in [0.4, 0.5) is 0 Å². The minimum Gasteiger partial charge on any atom is -0.448 e. The van der Waals surface area contributed by atoms with E-state index in [1.165, 1.54) is 5.56 Å². The standard InChI is InChI=1S/C22H24N2O3/c1-3-16(17-9-5-4-6-10-17)14-23-21(25)15(2)27-22(26)20-13-18-11-7-8-12-19(18)24-20/h4-13,15-16,24H,3,14H2,1-2H3,(H,23,25)/t15-,16-/m0/s1. The summed E-state index contributed by atoms with van der Waals surface area (Å²) in [6, 6.07) is 19.4. The number of amides is 1. The van der Waals surface area contributed by atoms with Crippen LogP contribution in [0.3, 0.4) is 0 Å². The van der Waals surface area contributed by atoms with Crippen molar-refractivity contribution in [2.75, 3.05) is 6.54 Å². The normalized spacial score (nSPS) is 13.1. The molecule has 5 nitrogen and oxygen atoms in total. The molecule has 2 aromatic carbocycles. The summed E-state index contributed by atoms with van der Waals surface area (Å²) in [6.07, 6.45) is 0.0465. The number of H-pyrrole nitrogens is 1. The van der Waals surface area contributed by atoms with E-state index in [1.807, 2.05) is 42.5 Å². The van der Waals surface area contributed by atoms with Crippen molar-refractivity contribution in [1.29, 1.82) is 0 Å². The van der Waals surface area contributed by atoms with Gasteiger partial charge in [-0.15, -0.1) is 0 Å². The number of benzene rings is 2. The Bertz CT molecular complexity index is 884. The molecule has 1 amide bonds. The molecule has 5 heteroatoms. The van der Waals surface area contributed by atoms with E-state index in [0.717, 1.165) is 17.3 Å². The van der Waals surface area contributed by atoms with E-state index in [0.29, 0.717) is 12.2 Å². The van der Waals surface area contributed by atoms with Gasteiger partial charge in [0.25, 0.3) is 5.91 Å². The fraction of sp³-hybridized carbons (Fsp3) is 0.273. The Labute approximate surface area is 158 Å². The fourth-order valence-corrected chi connectivity index (χ4v) is 3.05. The average molecular weight is 364 g/mol. The van der Waals surface area contributed by atoms with Gasteiger partial charge in [0.05, 0.1) is 0 Å². The van der Waals surface area contributed by atoms with Crippen molar-refractivity contribution in [1.82, 2.24) is 10.3 Å². The molecule has 0 aliphatic heterocycles. The van der Waals surface area contributed by atoms with Crippen molar-refractivity contribution >= 4 is 22.8 Å². The number of aromatic amines is 1. The molecule has 0 bridgehead atoms. The lowest BCUT2D eigenvalue weighted by molar-refractivity contribution is -0.129. The molecule has 27 heavy (non-hydrogen) atoms. The number of fused-ring (bicyclic) bond motifs is 1. The van der Waals surface area contributed by atoms with Gasteiger partial charge in [0, 0.05) is 23.4 Å². The van der Waals surface area contributed by atoms with Crippen LogP contribution in [0.5, 0.6) is 0 Å². The van der Waals surface area contributed by atoms with Crippen molar-refractivity contribution in [3.05, 3.63) is 71.9 Å². The highest BCUT2D eigenvalue weighted by molar-refractivity contribution is 5.96. The van der Waals surface area contributed by atoms with Crippen LogP contribution >= 0.6 is 0 Å². The molecule has 0 unspecified atom stereocenters.